The molecular weight excluding hydrogens is 363 g/mol. The van der Waals surface area contributed by atoms with E-state index in [2.05, 4.69) is 21.2 Å². The lowest BCUT2D eigenvalue weighted by Gasteiger charge is -2.09. The first-order chi connectivity index (χ1) is 10.9. The third-order valence-corrected chi connectivity index (χ3v) is 4.59. The molecule has 0 radical (unpaired) electrons. The number of halogens is 2. The predicted octanol–water partition coefficient (Wildman–Crippen LogP) is 1.96. The van der Waals surface area contributed by atoms with Crippen molar-refractivity contribution < 1.29 is 14.4 Å². The number of hydrogen-bond donors (Lipinski definition) is 3. The van der Waals surface area contributed by atoms with Crippen LogP contribution in [0.25, 0.3) is 0 Å². The van der Waals surface area contributed by atoms with E-state index >= 15 is 0 Å². The molecular formula is C13H12Cl2N4O3S. The van der Waals surface area contributed by atoms with E-state index in [4.69, 9.17) is 23.2 Å². The molecule has 0 aromatic heterocycles. The fourth-order valence-corrected chi connectivity index (χ4v) is 2.97. The first-order valence-corrected chi connectivity index (χ1v) is 8.06. The van der Waals surface area contributed by atoms with Gasteiger partial charge in [-0.05, 0) is 12.1 Å². The number of carbonyl (C=O) groups is 3. The number of thioether (sulfide) groups is 1. The van der Waals surface area contributed by atoms with Crippen molar-refractivity contribution in [3.05, 3.63) is 28.2 Å². The highest BCUT2D eigenvalue weighted by atomic mass is 35.5. The van der Waals surface area contributed by atoms with Crippen molar-refractivity contribution in [1.29, 1.82) is 0 Å². The molecule has 0 unspecified atom stereocenters. The molecule has 3 amide bonds. The van der Waals surface area contributed by atoms with Crippen LogP contribution in [0.4, 0.5) is 5.69 Å². The third-order valence-electron chi connectivity index (χ3n) is 2.69. The summed E-state index contributed by atoms with van der Waals surface area (Å²) in [5.41, 5.74) is 2.59. The molecule has 7 nitrogen and oxygen atoms in total. The van der Waals surface area contributed by atoms with Crippen LogP contribution in [-0.2, 0) is 14.4 Å². The maximum atomic E-state index is 12.0. The fraction of sp³-hybridized carbons (Fsp3) is 0.231. The van der Waals surface area contributed by atoms with Crippen molar-refractivity contribution in [3.63, 3.8) is 0 Å². The van der Waals surface area contributed by atoms with Crippen LogP contribution in [0.5, 0.6) is 0 Å². The summed E-state index contributed by atoms with van der Waals surface area (Å²) < 4.78 is 0. The standard InChI is InChI=1S/C13H12Cl2N4O3S/c1-6(20)18-19-13-17-12(22)9(23-13)5-10(21)16-8-4-2-3-7(14)11(8)15/h2-4,9H,5H2,1H3,(H,16,21)(H,18,20)(H,17,19,22)/t9-/m1/s1. The fourth-order valence-electron chi connectivity index (χ4n) is 1.69. The molecule has 23 heavy (non-hydrogen) atoms. The maximum absolute atomic E-state index is 12.0. The van der Waals surface area contributed by atoms with Gasteiger partial charge in [0, 0.05) is 13.3 Å². The molecule has 0 aliphatic carbocycles. The van der Waals surface area contributed by atoms with Gasteiger partial charge in [0.1, 0.15) is 5.25 Å². The van der Waals surface area contributed by atoms with Crippen molar-refractivity contribution in [2.45, 2.75) is 18.6 Å². The highest BCUT2D eigenvalue weighted by Gasteiger charge is 2.32. The minimum absolute atomic E-state index is 0.0710. The zero-order valence-electron chi connectivity index (χ0n) is 11.9. The Labute approximate surface area is 146 Å². The third kappa shape index (κ3) is 4.85. The Morgan fingerprint density at radius 2 is 2.13 bits per heavy atom. The molecule has 3 N–H and O–H groups in total. The Morgan fingerprint density at radius 3 is 2.83 bits per heavy atom. The largest absolute Gasteiger partial charge is 0.325 e. The van der Waals surface area contributed by atoms with E-state index in [1.807, 2.05) is 0 Å². The lowest BCUT2D eigenvalue weighted by molar-refractivity contribution is -0.122. The number of hydrogen-bond acceptors (Lipinski definition) is 5. The van der Waals surface area contributed by atoms with Gasteiger partial charge in [-0.25, -0.2) is 5.43 Å². The smallest absolute Gasteiger partial charge is 0.240 e. The van der Waals surface area contributed by atoms with Gasteiger partial charge in [-0.1, -0.05) is 41.0 Å². The van der Waals surface area contributed by atoms with Gasteiger partial charge in [0.05, 0.1) is 15.7 Å². The molecule has 2 rings (SSSR count). The molecule has 1 aromatic carbocycles. The van der Waals surface area contributed by atoms with Crippen LogP contribution in [-0.4, -0.2) is 28.1 Å². The van der Waals surface area contributed by atoms with Gasteiger partial charge < -0.3 is 10.6 Å². The molecule has 1 aromatic rings. The second-order valence-corrected chi connectivity index (χ2v) is 6.51. The molecule has 0 spiro atoms. The Hall–Kier alpha value is -1.77. The summed E-state index contributed by atoms with van der Waals surface area (Å²) in [5, 5.41) is 8.96. The van der Waals surface area contributed by atoms with Crippen LogP contribution in [0, 0.1) is 0 Å². The molecule has 0 saturated carbocycles. The quantitative estimate of drug-likeness (QED) is 0.701. The summed E-state index contributed by atoms with van der Waals surface area (Å²) in [4.78, 5) is 34.6. The zero-order chi connectivity index (χ0) is 17.0. The first-order valence-electron chi connectivity index (χ1n) is 6.42. The molecule has 10 heteroatoms. The second kappa shape index (κ2) is 7.67. The normalized spacial score (nSPS) is 18.7. The molecule has 1 saturated heterocycles. The van der Waals surface area contributed by atoms with Crippen LogP contribution in [0.15, 0.2) is 23.3 Å². The Kier molecular flexibility index (Phi) is 5.86. The van der Waals surface area contributed by atoms with Crippen LogP contribution in [0.3, 0.4) is 0 Å². The van der Waals surface area contributed by atoms with Crippen LogP contribution in [0.1, 0.15) is 13.3 Å². The van der Waals surface area contributed by atoms with Crippen LogP contribution in [0.2, 0.25) is 10.0 Å². The Balaban J connectivity index is 1.95. The summed E-state index contributed by atoms with van der Waals surface area (Å²) in [6, 6.07) is 4.86. The summed E-state index contributed by atoms with van der Waals surface area (Å²) in [5.74, 6) is -1.10. The second-order valence-electron chi connectivity index (χ2n) is 4.53. The monoisotopic (exact) mass is 374 g/mol. The lowest BCUT2D eigenvalue weighted by atomic mass is 10.2. The predicted molar refractivity (Wildman–Crippen MR) is 90.5 cm³/mol. The highest BCUT2D eigenvalue weighted by Crippen LogP contribution is 2.30. The van der Waals surface area contributed by atoms with Gasteiger partial charge in [0.2, 0.25) is 17.7 Å². The van der Waals surface area contributed by atoms with E-state index in [0.29, 0.717) is 10.7 Å². The van der Waals surface area contributed by atoms with Crippen LogP contribution >= 0.6 is 35.0 Å². The SMILES string of the molecule is CC(=O)N/N=C1\NC(=O)[C@@H](CC(=O)Nc2cccc(Cl)c2Cl)S1. The highest BCUT2D eigenvalue weighted by molar-refractivity contribution is 8.15. The van der Waals surface area contributed by atoms with Crippen molar-refractivity contribution in [1.82, 2.24) is 10.7 Å². The van der Waals surface area contributed by atoms with E-state index in [1.54, 1.807) is 18.2 Å². The number of rotatable bonds is 4. The van der Waals surface area contributed by atoms with Crippen LogP contribution < -0.4 is 16.1 Å². The first kappa shape index (κ1) is 17.6. The van der Waals surface area contributed by atoms with Crippen molar-refractivity contribution in [2.24, 2.45) is 5.10 Å². The number of benzene rings is 1. The van der Waals surface area contributed by atoms with E-state index in [0.717, 1.165) is 11.8 Å². The number of hydrazone groups is 1. The molecule has 0 bridgehead atoms. The summed E-state index contributed by atoms with van der Waals surface area (Å²) in [6.45, 7) is 1.30. The Bertz CT molecular complexity index is 696. The van der Waals surface area contributed by atoms with E-state index in [9.17, 15) is 14.4 Å². The van der Waals surface area contributed by atoms with Crippen molar-refractivity contribution in [3.8, 4) is 0 Å². The molecule has 1 aliphatic rings. The minimum Gasteiger partial charge on any atom is -0.325 e. The molecule has 1 aliphatic heterocycles. The molecule has 1 heterocycles. The maximum Gasteiger partial charge on any atom is 0.240 e. The van der Waals surface area contributed by atoms with Gasteiger partial charge in [-0.15, -0.1) is 5.10 Å². The summed E-state index contributed by atoms with van der Waals surface area (Å²) in [7, 11) is 0. The zero-order valence-corrected chi connectivity index (χ0v) is 14.2. The number of anilines is 1. The number of amidine groups is 1. The average molecular weight is 375 g/mol. The number of carbonyl (C=O) groups excluding carboxylic acids is 3. The van der Waals surface area contributed by atoms with Gasteiger partial charge in [-0.3, -0.25) is 14.4 Å². The summed E-state index contributed by atoms with van der Waals surface area (Å²) in [6.07, 6.45) is -0.0710. The van der Waals surface area contributed by atoms with E-state index < -0.39 is 5.25 Å². The molecule has 1 atom stereocenters. The van der Waals surface area contributed by atoms with Gasteiger partial charge in [0.25, 0.3) is 0 Å². The average Bonchev–Trinajstić information content (AvgIpc) is 2.82. The number of amides is 3. The van der Waals surface area contributed by atoms with E-state index in [-0.39, 0.29) is 34.3 Å². The lowest BCUT2D eigenvalue weighted by Crippen LogP contribution is -2.29. The number of nitrogens with zero attached hydrogens (tertiary/aromatic N) is 1. The summed E-state index contributed by atoms with van der Waals surface area (Å²) >= 11 is 12.9. The topological polar surface area (TPSA) is 99.7 Å². The minimum atomic E-state index is -0.638. The van der Waals surface area contributed by atoms with Crippen molar-refractivity contribution >= 4 is 63.5 Å². The van der Waals surface area contributed by atoms with Gasteiger partial charge >= 0.3 is 0 Å². The number of nitrogens with one attached hydrogen (secondary N) is 3. The van der Waals surface area contributed by atoms with Crippen molar-refractivity contribution in [2.75, 3.05) is 5.32 Å². The van der Waals surface area contributed by atoms with Gasteiger partial charge in [-0.2, -0.15) is 0 Å². The Morgan fingerprint density at radius 1 is 1.39 bits per heavy atom. The van der Waals surface area contributed by atoms with E-state index in [1.165, 1.54) is 6.92 Å². The molecule has 1 fully saturated rings. The van der Waals surface area contributed by atoms with Gasteiger partial charge in [0.15, 0.2) is 5.17 Å². The molecule has 122 valence electrons.